The summed E-state index contributed by atoms with van der Waals surface area (Å²) >= 11 is 0. The second-order valence-corrected chi connectivity index (χ2v) is 3.21. The molecule has 0 aliphatic heterocycles. The average Bonchev–Trinajstić information content (AvgIpc) is 2.21. The van der Waals surface area contributed by atoms with Crippen molar-refractivity contribution in [1.82, 2.24) is 5.32 Å². The molecule has 0 aliphatic rings. The molecule has 0 bridgehead atoms. The van der Waals surface area contributed by atoms with Crippen molar-refractivity contribution < 1.29 is 19.0 Å². The van der Waals surface area contributed by atoms with Crippen molar-refractivity contribution in [3.05, 3.63) is 35.4 Å². The number of nitrogens with one attached hydrogen (secondary N) is 1. The van der Waals surface area contributed by atoms with Crippen LogP contribution < -0.4 is 5.32 Å². The molecule has 0 spiro atoms. The lowest BCUT2D eigenvalue weighted by Crippen LogP contribution is -2.30. The van der Waals surface area contributed by atoms with Crippen LogP contribution in [-0.4, -0.2) is 29.9 Å². The molecular formula is C10H13F2NO2. The molecule has 0 heterocycles. The standard InChI is InChI=1S/C10H13F2NO2/c1-13-5-8(14)10(15)6-3-2-4-7(11)9(6)12/h2-4,8,10,13-15H,5H2,1H3. The first kappa shape index (κ1) is 12.0. The Bertz CT molecular complexity index is 333. The van der Waals surface area contributed by atoms with Crippen molar-refractivity contribution in [2.75, 3.05) is 13.6 Å². The molecule has 0 radical (unpaired) electrons. The number of rotatable bonds is 4. The molecule has 3 N–H and O–H groups in total. The SMILES string of the molecule is CNCC(O)C(O)c1cccc(F)c1F. The molecule has 0 saturated carbocycles. The van der Waals surface area contributed by atoms with Crippen LogP contribution >= 0.6 is 0 Å². The monoisotopic (exact) mass is 217 g/mol. The van der Waals surface area contributed by atoms with E-state index < -0.39 is 23.8 Å². The minimum absolute atomic E-state index is 0.0944. The van der Waals surface area contributed by atoms with Crippen LogP contribution in [0.25, 0.3) is 0 Å². The fourth-order valence-electron chi connectivity index (χ4n) is 1.28. The van der Waals surface area contributed by atoms with Crippen LogP contribution in [0.5, 0.6) is 0 Å². The highest BCUT2D eigenvalue weighted by molar-refractivity contribution is 5.22. The van der Waals surface area contributed by atoms with Crippen molar-refractivity contribution >= 4 is 0 Å². The van der Waals surface area contributed by atoms with Crippen LogP contribution in [0.1, 0.15) is 11.7 Å². The summed E-state index contributed by atoms with van der Waals surface area (Å²) in [5, 5.41) is 21.5. The van der Waals surface area contributed by atoms with E-state index in [9.17, 15) is 19.0 Å². The number of hydrogen-bond donors (Lipinski definition) is 3. The summed E-state index contributed by atoms with van der Waals surface area (Å²) in [6.07, 6.45) is -2.61. The van der Waals surface area contributed by atoms with E-state index >= 15 is 0 Å². The molecule has 0 saturated heterocycles. The number of aliphatic hydroxyl groups excluding tert-OH is 2. The molecule has 1 aromatic carbocycles. The van der Waals surface area contributed by atoms with E-state index in [2.05, 4.69) is 5.32 Å². The first-order valence-corrected chi connectivity index (χ1v) is 4.52. The highest BCUT2D eigenvalue weighted by Gasteiger charge is 2.22. The third-order valence-corrected chi connectivity index (χ3v) is 2.08. The van der Waals surface area contributed by atoms with E-state index in [1.807, 2.05) is 0 Å². The smallest absolute Gasteiger partial charge is 0.164 e. The lowest BCUT2D eigenvalue weighted by Gasteiger charge is -2.18. The Morgan fingerprint density at radius 1 is 1.33 bits per heavy atom. The maximum Gasteiger partial charge on any atom is 0.164 e. The zero-order chi connectivity index (χ0) is 11.4. The summed E-state index contributed by atoms with van der Waals surface area (Å²) in [4.78, 5) is 0. The van der Waals surface area contributed by atoms with Gasteiger partial charge in [-0.3, -0.25) is 0 Å². The lowest BCUT2D eigenvalue weighted by atomic mass is 10.0. The van der Waals surface area contributed by atoms with Crippen molar-refractivity contribution in [3.8, 4) is 0 Å². The molecule has 3 nitrogen and oxygen atoms in total. The summed E-state index contributed by atoms with van der Waals surface area (Å²) in [5.41, 5.74) is -0.238. The summed E-state index contributed by atoms with van der Waals surface area (Å²) in [6, 6.07) is 3.47. The van der Waals surface area contributed by atoms with E-state index in [1.54, 1.807) is 7.05 Å². The van der Waals surface area contributed by atoms with Crippen LogP contribution in [0.3, 0.4) is 0 Å². The van der Waals surface area contributed by atoms with Crippen LogP contribution in [0.2, 0.25) is 0 Å². The van der Waals surface area contributed by atoms with E-state index in [0.717, 1.165) is 6.07 Å². The van der Waals surface area contributed by atoms with Gasteiger partial charge in [0.05, 0.1) is 6.10 Å². The Hall–Kier alpha value is -1.04. The molecule has 0 amide bonds. The van der Waals surface area contributed by atoms with Crippen molar-refractivity contribution in [2.45, 2.75) is 12.2 Å². The molecular weight excluding hydrogens is 204 g/mol. The van der Waals surface area contributed by atoms with Crippen molar-refractivity contribution in [3.63, 3.8) is 0 Å². The zero-order valence-corrected chi connectivity index (χ0v) is 8.24. The van der Waals surface area contributed by atoms with Gasteiger partial charge in [0.2, 0.25) is 0 Å². The van der Waals surface area contributed by atoms with Gasteiger partial charge in [-0.15, -0.1) is 0 Å². The van der Waals surface area contributed by atoms with Gasteiger partial charge >= 0.3 is 0 Å². The third-order valence-electron chi connectivity index (χ3n) is 2.08. The first-order chi connectivity index (χ1) is 7.07. The van der Waals surface area contributed by atoms with Crippen LogP contribution in [0, 0.1) is 11.6 Å². The van der Waals surface area contributed by atoms with E-state index in [0.29, 0.717) is 0 Å². The Morgan fingerprint density at radius 3 is 2.60 bits per heavy atom. The molecule has 1 aromatic rings. The van der Waals surface area contributed by atoms with Gasteiger partial charge in [0.1, 0.15) is 6.10 Å². The van der Waals surface area contributed by atoms with Crippen LogP contribution in [-0.2, 0) is 0 Å². The molecule has 2 unspecified atom stereocenters. The average molecular weight is 217 g/mol. The molecule has 84 valence electrons. The molecule has 0 aromatic heterocycles. The molecule has 2 atom stereocenters. The molecule has 0 fully saturated rings. The number of hydrogen-bond acceptors (Lipinski definition) is 3. The Labute approximate surface area is 86.4 Å². The summed E-state index contributed by atoms with van der Waals surface area (Å²) in [6.45, 7) is 0.0944. The summed E-state index contributed by atoms with van der Waals surface area (Å²) < 4.78 is 26.0. The molecule has 1 rings (SSSR count). The molecule has 5 heteroatoms. The maximum atomic E-state index is 13.2. The topological polar surface area (TPSA) is 52.5 Å². The van der Waals surface area contributed by atoms with E-state index in [-0.39, 0.29) is 12.1 Å². The van der Waals surface area contributed by atoms with Gasteiger partial charge in [0.25, 0.3) is 0 Å². The van der Waals surface area contributed by atoms with Gasteiger partial charge < -0.3 is 15.5 Å². The maximum absolute atomic E-state index is 13.2. The quantitative estimate of drug-likeness (QED) is 0.691. The summed E-state index contributed by atoms with van der Waals surface area (Å²) in [5.74, 6) is -2.16. The van der Waals surface area contributed by atoms with E-state index in [1.165, 1.54) is 12.1 Å². The van der Waals surface area contributed by atoms with Gasteiger partial charge in [0, 0.05) is 12.1 Å². The van der Waals surface area contributed by atoms with Crippen molar-refractivity contribution in [2.24, 2.45) is 0 Å². The zero-order valence-electron chi connectivity index (χ0n) is 8.24. The molecule has 0 aliphatic carbocycles. The highest BCUT2D eigenvalue weighted by atomic mass is 19.2. The first-order valence-electron chi connectivity index (χ1n) is 4.52. The Balaban J connectivity index is 2.90. The lowest BCUT2D eigenvalue weighted by molar-refractivity contribution is 0.0178. The van der Waals surface area contributed by atoms with Crippen LogP contribution in [0.4, 0.5) is 8.78 Å². The Kier molecular flexibility index (Phi) is 4.14. The number of halogens is 2. The fourth-order valence-corrected chi connectivity index (χ4v) is 1.28. The Morgan fingerprint density at radius 2 is 2.00 bits per heavy atom. The number of likely N-dealkylation sites (N-methyl/N-ethyl adjacent to an activating group) is 1. The fraction of sp³-hybridized carbons (Fsp3) is 0.400. The van der Waals surface area contributed by atoms with Crippen LogP contribution in [0.15, 0.2) is 18.2 Å². The van der Waals surface area contributed by atoms with Gasteiger partial charge in [-0.25, -0.2) is 8.78 Å². The number of benzene rings is 1. The van der Waals surface area contributed by atoms with Gasteiger partial charge in [0.15, 0.2) is 11.6 Å². The summed E-state index contributed by atoms with van der Waals surface area (Å²) in [7, 11) is 1.58. The van der Waals surface area contributed by atoms with E-state index in [4.69, 9.17) is 0 Å². The second-order valence-electron chi connectivity index (χ2n) is 3.21. The highest BCUT2D eigenvalue weighted by Crippen LogP contribution is 2.21. The largest absolute Gasteiger partial charge is 0.389 e. The van der Waals surface area contributed by atoms with Gasteiger partial charge in [-0.1, -0.05) is 12.1 Å². The third kappa shape index (κ3) is 2.71. The minimum Gasteiger partial charge on any atom is -0.389 e. The van der Waals surface area contributed by atoms with Gasteiger partial charge in [-0.2, -0.15) is 0 Å². The second kappa shape index (κ2) is 5.16. The van der Waals surface area contributed by atoms with Gasteiger partial charge in [-0.05, 0) is 13.1 Å². The molecule has 15 heavy (non-hydrogen) atoms. The normalized spacial score (nSPS) is 15.0. The number of aliphatic hydroxyl groups is 2. The minimum atomic E-state index is -1.44. The predicted octanol–water partition coefficient (Wildman–Crippen LogP) is 0.578. The predicted molar refractivity (Wildman–Crippen MR) is 51.3 cm³/mol. The van der Waals surface area contributed by atoms with Crippen molar-refractivity contribution in [1.29, 1.82) is 0 Å².